The first-order valence-corrected chi connectivity index (χ1v) is 9.23. The molecule has 0 saturated heterocycles. The van der Waals surface area contributed by atoms with Gasteiger partial charge in [0.2, 0.25) is 0 Å². The fraction of sp³-hybridized carbons (Fsp3) is 0.182. The lowest BCUT2D eigenvalue weighted by Crippen LogP contribution is -2.01. The largest absolute Gasteiger partial charge is 0.493 e. The second-order valence-corrected chi connectivity index (χ2v) is 6.36. The molecule has 0 fully saturated rings. The van der Waals surface area contributed by atoms with Crippen LogP contribution in [-0.4, -0.2) is 40.4 Å². The number of aromatic nitrogens is 4. The van der Waals surface area contributed by atoms with E-state index in [-0.39, 0.29) is 0 Å². The van der Waals surface area contributed by atoms with Gasteiger partial charge >= 0.3 is 0 Å². The highest BCUT2D eigenvalue weighted by Crippen LogP contribution is 2.34. The Kier molecular flexibility index (Phi) is 5.20. The first kappa shape index (κ1) is 18.6. The van der Waals surface area contributed by atoms with E-state index in [4.69, 9.17) is 9.47 Å². The van der Waals surface area contributed by atoms with Crippen LogP contribution in [0.15, 0.2) is 60.0 Å². The van der Waals surface area contributed by atoms with Crippen molar-refractivity contribution in [1.29, 1.82) is 0 Å². The van der Waals surface area contributed by atoms with Crippen molar-refractivity contribution in [3.63, 3.8) is 0 Å². The number of ether oxygens (including phenoxy) is 2. The first-order chi connectivity index (χ1) is 14.3. The van der Waals surface area contributed by atoms with Crippen molar-refractivity contribution in [3.8, 4) is 17.2 Å². The third-order valence-corrected chi connectivity index (χ3v) is 4.73. The third kappa shape index (κ3) is 3.42. The van der Waals surface area contributed by atoms with Gasteiger partial charge in [0.05, 0.1) is 43.3 Å². The van der Waals surface area contributed by atoms with Crippen molar-refractivity contribution >= 4 is 28.0 Å². The summed E-state index contributed by atoms with van der Waals surface area (Å²) in [5.74, 6) is 1.24. The molecule has 0 saturated carbocycles. The van der Waals surface area contributed by atoms with Crippen LogP contribution in [-0.2, 0) is 6.42 Å². The predicted molar refractivity (Wildman–Crippen MR) is 114 cm³/mol. The molecule has 7 nitrogen and oxygen atoms in total. The molecule has 0 aliphatic rings. The fourth-order valence-electron chi connectivity index (χ4n) is 3.35. The van der Waals surface area contributed by atoms with Crippen LogP contribution >= 0.6 is 0 Å². The lowest BCUT2D eigenvalue weighted by atomic mass is 10.1. The number of rotatable bonds is 6. The van der Waals surface area contributed by atoms with Crippen LogP contribution in [0.25, 0.3) is 27.5 Å². The lowest BCUT2D eigenvalue weighted by molar-refractivity contribution is 0.355. The monoisotopic (exact) mass is 387 g/mol. The molecule has 4 aromatic rings. The number of hydrogen-bond acceptors (Lipinski definition) is 6. The van der Waals surface area contributed by atoms with E-state index in [0.717, 1.165) is 28.4 Å². The molecule has 2 aromatic carbocycles. The molecule has 0 atom stereocenters. The zero-order valence-corrected chi connectivity index (χ0v) is 16.5. The van der Waals surface area contributed by atoms with Gasteiger partial charge in [-0.2, -0.15) is 15.3 Å². The summed E-state index contributed by atoms with van der Waals surface area (Å²) in [6, 6.07) is 9.91. The Balaban J connectivity index is 1.86. The molecule has 0 radical (unpaired) electrons. The minimum atomic E-state index is 0.612. The maximum atomic E-state index is 5.47. The van der Waals surface area contributed by atoms with Crippen LogP contribution < -0.4 is 9.47 Å². The summed E-state index contributed by atoms with van der Waals surface area (Å²) < 4.78 is 12.7. The fourth-order valence-corrected chi connectivity index (χ4v) is 3.35. The topological polar surface area (TPSA) is 74.4 Å². The SMILES string of the molecule is CC=N/C=C\Cc1cccc2c1cnn2-c1cnnc2cc(OC)c(OC)cc12. The molecule has 0 aliphatic carbocycles. The first-order valence-electron chi connectivity index (χ1n) is 9.23. The van der Waals surface area contributed by atoms with Crippen LogP contribution in [0.5, 0.6) is 11.5 Å². The van der Waals surface area contributed by atoms with Crippen LogP contribution in [0.2, 0.25) is 0 Å². The van der Waals surface area contributed by atoms with Gasteiger partial charge in [-0.3, -0.25) is 4.99 Å². The molecule has 2 heterocycles. The quantitative estimate of drug-likeness (QED) is 0.465. The van der Waals surface area contributed by atoms with Gasteiger partial charge in [0.25, 0.3) is 0 Å². The van der Waals surface area contributed by atoms with Crippen molar-refractivity contribution in [1.82, 2.24) is 20.0 Å². The highest BCUT2D eigenvalue weighted by molar-refractivity contribution is 5.92. The molecule has 0 N–H and O–H groups in total. The van der Waals surface area contributed by atoms with Gasteiger partial charge in [-0.05, 0) is 31.0 Å². The highest BCUT2D eigenvalue weighted by atomic mass is 16.5. The number of aliphatic imine (C=N–C) groups is 1. The molecule has 0 amide bonds. The Morgan fingerprint density at radius 1 is 1.07 bits per heavy atom. The lowest BCUT2D eigenvalue weighted by Gasteiger charge is -2.11. The molecule has 146 valence electrons. The van der Waals surface area contributed by atoms with Gasteiger partial charge in [-0.15, -0.1) is 0 Å². The average Bonchev–Trinajstić information content (AvgIpc) is 3.20. The Morgan fingerprint density at radius 3 is 2.69 bits per heavy atom. The van der Waals surface area contributed by atoms with Crippen molar-refractivity contribution in [2.24, 2.45) is 4.99 Å². The zero-order valence-electron chi connectivity index (χ0n) is 16.5. The maximum absolute atomic E-state index is 5.47. The number of methoxy groups -OCH3 is 2. The van der Waals surface area contributed by atoms with Crippen LogP contribution in [0.3, 0.4) is 0 Å². The Labute approximate surface area is 168 Å². The molecule has 29 heavy (non-hydrogen) atoms. The van der Waals surface area contributed by atoms with Crippen molar-refractivity contribution in [3.05, 3.63) is 60.6 Å². The Bertz CT molecular complexity index is 1230. The van der Waals surface area contributed by atoms with E-state index >= 15 is 0 Å². The highest BCUT2D eigenvalue weighted by Gasteiger charge is 2.14. The Hall–Kier alpha value is -3.74. The second kappa shape index (κ2) is 8.10. The summed E-state index contributed by atoms with van der Waals surface area (Å²) in [5.41, 5.74) is 3.72. The number of hydrogen-bond donors (Lipinski definition) is 0. The van der Waals surface area contributed by atoms with Gasteiger partial charge < -0.3 is 9.47 Å². The van der Waals surface area contributed by atoms with Crippen molar-refractivity contribution < 1.29 is 9.47 Å². The van der Waals surface area contributed by atoms with Crippen LogP contribution in [0.1, 0.15) is 12.5 Å². The molecular formula is C22H21N5O2. The standard InChI is InChI=1S/C22H21N5O2/c1-4-23-10-6-8-15-7-5-9-19-17(15)13-25-27(19)20-14-24-26-18-12-22(29-3)21(28-2)11-16(18)20/h4-7,9-14H,8H2,1-3H3/b10-6-,23-4?. The maximum Gasteiger partial charge on any atom is 0.162 e. The van der Waals surface area contributed by atoms with Crippen molar-refractivity contribution in [2.45, 2.75) is 13.3 Å². The smallest absolute Gasteiger partial charge is 0.162 e. The molecule has 0 bridgehead atoms. The van der Waals surface area contributed by atoms with E-state index in [1.54, 1.807) is 26.6 Å². The molecule has 7 heteroatoms. The van der Waals surface area contributed by atoms with Crippen LogP contribution in [0.4, 0.5) is 0 Å². The Morgan fingerprint density at radius 2 is 1.90 bits per heavy atom. The molecule has 0 spiro atoms. The van der Waals surface area contributed by atoms with E-state index in [9.17, 15) is 0 Å². The van der Waals surface area contributed by atoms with Gasteiger partial charge in [0.15, 0.2) is 11.5 Å². The van der Waals surface area contributed by atoms with Gasteiger partial charge in [0, 0.05) is 29.3 Å². The minimum Gasteiger partial charge on any atom is -0.493 e. The molecule has 0 unspecified atom stereocenters. The summed E-state index contributed by atoms with van der Waals surface area (Å²) in [4.78, 5) is 4.12. The number of benzene rings is 2. The normalized spacial score (nSPS) is 11.8. The minimum absolute atomic E-state index is 0.612. The van der Waals surface area contributed by atoms with E-state index < -0.39 is 0 Å². The van der Waals surface area contributed by atoms with E-state index in [1.807, 2.05) is 54.3 Å². The number of nitrogens with zero attached hydrogens (tertiary/aromatic N) is 5. The van der Waals surface area contributed by atoms with E-state index in [0.29, 0.717) is 17.0 Å². The van der Waals surface area contributed by atoms with Crippen molar-refractivity contribution in [2.75, 3.05) is 14.2 Å². The van der Waals surface area contributed by atoms with Crippen LogP contribution in [0, 0.1) is 0 Å². The van der Waals surface area contributed by atoms with E-state index in [1.165, 1.54) is 5.56 Å². The van der Waals surface area contributed by atoms with Gasteiger partial charge in [-0.1, -0.05) is 18.2 Å². The van der Waals surface area contributed by atoms with Gasteiger partial charge in [0.1, 0.15) is 0 Å². The number of fused-ring (bicyclic) bond motifs is 2. The second-order valence-electron chi connectivity index (χ2n) is 6.36. The molecular weight excluding hydrogens is 366 g/mol. The summed E-state index contributed by atoms with van der Waals surface area (Å²) in [7, 11) is 3.22. The zero-order chi connectivity index (χ0) is 20.2. The summed E-state index contributed by atoms with van der Waals surface area (Å²) >= 11 is 0. The van der Waals surface area contributed by atoms with Gasteiger partial charge in [-0.25, -0.2) is 4.68 Å². The predicted octanol–water partition coefficient (Wildman–Crippen LogP) is 4.13. The summed E-state index contributed by atoms with van der Waals surface area (Å²) in [6.07, 6.45) is 9.98. The summed E-state index contributed by atoms with van der Waals surface area (Å²) in [6.45, 7) is 1.90. The van der Waals surface area contributed by atoms with E-state index in [2.05, 4.69) is 26.4 Å². The average molecular weight is 387 g/mol. The number of allylic oxidation sites excluding steroid dienone is 1. The summed E-state index contributed by atoms with van der Waals surface area (Å²) in [5, 5.41) is 15.0. The molecule has 4 rings (SSSR count). The molecule has 2 aromatic heterocycles. The molecule has 0 aliphatic heterocycles. The third-order valence-electron chi connectivity index (χ3n) is 4.73.